The second-order valence-corrected chi connectivity index (χ2v) is 15.5. The zero-order valence-corrected chi connectivity index (χ0v) is 32.2. The Labute approximate surface area is 334 Å². The highest BCUT2D eigenvalue weighted by Crippen LogP contribution is 2.44. The molecule has 0 bridgehead atoms. The minimum Gasteiger partial charge on any atom is -0.497 e. The van der Waals surface area contributed by atoms with Crippen molar-refractivity contribution in [1.29, 1.82) is 5.26 Å². The van der Waals surface area contributed by atoms with E-state index in [1.54, 1.807) is 73.8 Å². The van der Waals surface area contributed by atoms with E-state index in [1.807, 2.05) is 54.6 Å². The van der Waals surface area contributed by atoms with E-state index in [-0.39, 0.29) is 11.6 Å². The van der Waals surface area contributed by atoms with E-state index >= 15 is 0 Å². The molecule has 278 valence electrons. The molecule has 10 heteroatoms. The quantitative estimate of drug-likeness (QED) is 0.0842. The molecule has 0 saturated carbocycles. The van der Waals surface area contributed by atoms with Crippen LogP contribution in [0.15, 0.2) is 150 Å². The van der Waals surface area contributed by atoms with Gasteiger partial charge in [-0.1, -0.05) is 97.1 Å². The molecule has 2 unspecified atom stereocenters. The summed E-state index contributed by atoms with van der Waals surface area (Å²) in [6, 6.07) is 45.4. The van der Waals surface area contributed by atoms with Gasteiger partial charge in [-0.05, 0) is 96.0 Å². The molecule has 1 aliphatic carbocycles. The van der Waals surface area contributed by atoms with Gasteiger partial charge in [0.1, 0.15) is 27.8 Å². The van der Waals surface area contributed by atoms with Gasteiger partial charge in [0.25, 0.3) is 11.8 Å². The number of thioether (sulfide) groups is 1. The third kappa shape index (κ3) is 9.09. The van der Waals surface area contributed by atoms with E-state index in [0.29, 0.717) is 39.0 Å². The van der Waals surface area contributed by atoms with Gasteiger partial charge in [0.2, 0.25) is 5.91 Å². The molecule has 7 rings (SSSR count). The van der Waals surface area contributed by atoms with E-state index in [4.69, 9.17) is 4.74 Å². The van der Waals surface area contributed by atoms with Gasteiger partial charge >= 0.3 is 0 Å². The molecular weight excluding hydrogens is 737 g/mol. The van der Waals surface area contributed by atoms with Crippen molar-refractivity contribution in [3.05, 3.63) is 183 Å². The number of amides is 3. The number of fused-ring (bicyclic) bond motifs is 1. The molecule has 0 fully saturated rings. The molecule has 0 spiro atoms. The number of thiophene rings is 1. The van der Waals surface area contributed by atoms with Crippen molar-refractivity contribution in [2.24, 2.45) is 0 Å². The molecule has 1 aromatic heterocycles. The number of methoxy groups -OCH3 is 1. The van der Waals surface area contributed by atoms with Gasteiger partial charge in [-0.2, -0.15) is 5.26 Å². The smallest absolute Gasteiger partial charge is 0.272 e. The average Bonchev–Trinajstić information content (AvgIpc) is 3.59. The monoisotopic (exact) mass is 774 g/mol. The van der Waals surface area contributed by atoms with Crippen molar-refractivity contribution < 1.29 is 19.1 Å². The van der Waals surface area contributed by atoms with Crippen LogP contribution >= 0.6 is 23.1 Å². The number of hydrogen-bond acceptors (Lipinski definition) is 7. The average molecular weight is 775 g/mol. The maximum Gasteiger partial charge on any atom is 0.272 e. The summed E-state index contributed by atoms with van der Waals surface area (Å²) in [6.45, 7) is 0. The van der Waals surface area contributed by atoms with Crippen molar-refractivity contribution in [3.8, 4) is 11.8 Å². The molecule has 2 atom stereocenters. The number of carbonyl (C=O) groups is 3. The molecule has 6 aromatic rings. The van der Waals surface area contributed by atoms with E-state index in [2.05, 4.69) is 46.3 Å². The van der Waals surface area contributed by atoms with Crippen LogP contribution < -0.4 is 20.7 Å². The topological polar surface area (TPSA) is 120 Å². The number of carbonyl (C=O) groups excluding carboxylic acids is 3. The lowest BCUT2D eigenvalue weighted by atomic mass is 9.83. The molecule has 3 N–H and O–H groups in total. The largest absolute Gasteiger partial charge is 0.497 e. The minimum absolute atomic E-state index is 0.0359. The first kappa shape index (κ1) is 37.9. The number of benzene rings is 5. The van der Waals surface area contributed by atoms with Gasteiger partial charge in [0.05, 0.1) is 12.7 Å². The van der Waals surface area contributed by atoms with Crippen LogP contribution in [0, 0.1) is 11.3 Å². The Morgan fingerprint density at radius 2 is 1.57 bits per heavy atom. The van der Waals surface area contributed by atoms with Crippen molar-refractivity contribution in [2.45, 2.75) is 35.3 Å². The second kappa shape index (κ2) is 17.8. The number of hydrogen-bond donors (Lipinski definition) is 3. The molecule has 5 aromatic carbocycles. The first-order chi connectivity index (χ1) is 27.4. The van der Waals surface area contributed by atoms with Crippen molar-refractivity contribution in [2.75, 3.05) is 17.7 Å². The lowest BCUT2D eigenvalue weighted by molar-refractivity contribution is -0.116. The Morgan fingerprint density at radius 3 is 2.30 bits per heavy atom. The molecule has 3 amide bonds. The third-order valence-electron chi connectivity index (χ3n) is 9.50. The van der Waals surface area contributed by atoms with Crippen LogP contribution in [0.5, 0.6) is 5.75 Å². The standard InChI is InChI=1S/C46H38N4O4S2/c1-54-36-21-11-13-30(25-36)26-40(49-43(51)33-18-9-4-10-19-33)44(52)48-35-20-12-22-37(28-35)55-42(32-16-7-3-8-17-32)45(53)50-46-39(29-47)38-24-23-34(27-41(38)56-46)31-14-5-2-6-15-31/h2-22,25-26,28,34,42H,23-24,27H2,1H3,(H,48,52)(H,49,51)(H,50,53)/b40-26-. The van der Waals surface area contributed by atoms with Gasteiger partial charge in [0.15, 0.2) is 0 Å². The molecule has 0 aliphatic heterocycles. The number of ether oxygens (including phenoxy) is 1. The lowest BCUT2D eigenvalue weighted by Gasteiger charge is -2.22. The molecule has 56 heavy (non-hydrogen) atoms. The normalized spacial score (nSPS) is 14.1. The predicted octanol–water partition coefficient (Wildman–Crippen LogP) is 9.78. The molecular formula is C46H38N4O4S2. The summed E-state index contributed by atoms with van der Waals surface area (Å²) in [5, 5.41) is 19.0. The molecule has 0 saturated heterocycles. The van der Waals surface area contributed by atoms with Crippen molar-refractivity contribution in [3.63, 3.8) is 0 Å². The minimum atomic E-state index is -0.668. The zero-order chi connectivity index (χ0) is 38.9. The zero-order valence-electron chi connectivity index (χ0n) is 30.5. The maximum absolute atomic E-state index is 14.2. The second-order valence-electron chi connectivity index (χ2n) is 13.2. The van der Waals surface area contributed by atoms with Gasteiger partial charge in [-0.3, -0.25) is 14.4 Å². The summed E-state index contributed by atoms with van der Waals surface area (Å²) in [4.78, 5) is 43.1. The number of nitrogens with zero attached hydrogens (tertiary/aromatic N) is 1. The number of nitriles is 1. The van der Waals surface area contributed by atoms with Crippen LogP contribution in [-0.4, -0.2) is 24.8 Å². The van der Waals surface area contributed by atoms with Crippen LogP contribution in [-0.2, 0) is 22.4 Å². The highest BCUT2D eigenvalue weighted by molar-refractivity contribution is 8.00. The lowest BCUT2D eigenvalue weighted by Crippen LogP contribution is -2.30. The fraction of sp³-hybridized carbons (Fsp3) is 0.130. The Balaban J connectivity index is 1.11. The predicted molar refractivity (Wildman–Crippen MR) is 224 cm³/mol. The number of rotatable bonds is 12. The molecule has 1 heterocycles. The van der Waals surface area contributed by atoms with E-state index in [1.165, 1.54) is 28.7 Å². The number of nitrogens with one attached hydrogen (secondary N) is 3. The van der Waals surface area contributed by atoms with Crippen LogP contribution in [0.4, 0.5) is 10.7 Å². The Hall–Kier alpha value is -6.41. The van der Waals surface area contributed by atoms with E-state index in [0.717, 1.165) is 40.2 Å². The SMILES string of the molecule is COc1cccc(/C=C(\NC(=O)c2ccccc2)C(=O)Nc2cccc(SC(C(=O)Nc3sc4c(c3C#N)CCC(c3ccccc3)C4)c3ccccc3)c2)c1. The van der Waals surface area contributed by atoms with Gasteiger partial charge in [-0.15, -0.1) is 23.1 Å². The summed E-state index contributed by atoms with van der Waals surface area (Å²) >= 11 is 2.84. The maximum atomic E-state index is 14.2. The van der Waals surface area contributed by atoms with Crippen LogP contribution in [0.3, 0.4) is 0 Å². The fourth-order valence-corrected chi connectivity index (χ4v) is 9.07. The summed E-state index contributed by atoms with van der Waals surface area (Å²) in [5.74, 6) is -0.243. The Bertz CT molecular complexity index is 2420. The summed E-state index contributed by atoms with van der Waals surface area (Å²) < 4.78 is 5.36. The number of anilines is 2. The first-order valence-corrected chi connectivity index (χ1v) is 19.8. The van der Waals surface area contributed by atoms with Crippen LogP contribution in [0.1, 0.15) is 60.6 Å². The highest BCUT2D eigenvalue weighted by atomic mass is 32.2. The molecule has 0 radical (unpaired) electrons. The van der Waals surface area contributed by atoms with Crippen molar-refractivity contribution >= 4 is 57.6 Å². The summed E-state index contributed by atoms with van der Waals surface area (Å²) in [6.07, 6.45) is 4.15. The summed E-state index contributed by atoms with van der Waals surface area (Å²) in [7, 11) is 1.56. The first-order valence-electron chi connectivity index (χ1n) is 18.1. The molecule has 8 nitrogen and oxygen atoms in total. The molecule has 1 aliphatic rings. The van der Waals surface area contributed by atoms with Gasteiger partial charge in [0, 0.05) is 21.0 Å². The van der Waals surface area contributed by atoms with Gasteiger partial charge < -0.3 is 20.7 Å². The van der Waals surface area contributed by atoms with E-state index < -0.39 is 17.1 Å². The highest BCUT2D eigenvalue weighted by Gasteiger charge is 2.29. The van der Waals surface area contributed by atoms with Crippen LogP contribution in [0.2, 0.25) is 0 Å². The van der Waals surface area contributed by atoms with Gasteiger partial charge in [-0.25, -0.2) is 0 Å². The van der Waals surface area contributed by atoms with Crippen molar-refractivity contribution in [1.82, 2.24) is 5.32 Å². The fourth-order valence-electron chi connectivity index (χ4n) is 6.70. The van der Waals surface area contributed by atoms with E-state index in [9.17, 15) is 19.6 Å². The summed E-state index contributed by atoms with van der Waals surface area (Å²) in [5.41, 5.74) is 5.23. The van der Waals surface area contributed by atoms with Crippen LogP contribution in [0.25, 0.3) is 6.08 Å². The Kier molecular flexibility index (Phi) is 12.1. The third-order valence-corrected chi connectivity index (χ3v) is 11.9. The Morgan fingerprint density at radius 1 is 0.857 bits per heavy atom.